The van der Waals surface area contributed by atoms with E-state index in [9.17, 15) is 0 Å². The summed E-state index contributed by atoms with van der Waals surface area (Å²) in [6, 6.07) is 0. The van der Waals surface area contributed by atoms with Crippen molar-refractivity contribution in [2.24, 2.45) is 21.6 Å². The number of allylic oxidation sites excluding steroid dienone is 1. The molecule has 0 atom stereocenters. The molecule has 1 aliphatic heterocycles. The molecule has 14 heavy (non-hydrogen) atoms. The van der Waals surface area contributed by atoms with Gasteiger partial charge in [-0.1, -0.05) is 20.4 Å². The lowest BCUT2D eigenvalue weighted by Gasteiger charge is -2.16. The maximum Gasteiger partial charge on any atom is 0.198 e. The minimum Gasteiger partial charge on any atom is -0.369 e. The van der Waals surface area contributed by atoms with Gasteiger partial charge in [-0.05, 0) is 12.8 Å². The summed E-state index contributed by atoms with van der Waals surface area (Å²) in [6.45, 7) is 9.83. The molecule has 0 unspecified atom stereocenters. The zero-order valence-corrected chi connectivity index (χ0v) is 8.83. The number of hydrogen-bond acceptors (Lipinski definition) is 4. The fourth-order valence-electron chi connectivity index (χ4n) is 1.09. The van der Waals surface area contributed by atoms with Crippen LogP contribution in [0.5, 0.6) is 0 Å². The molecule has 0 aromatic carbocycles. The number of aliphatic imine (C=N–C) groups is 2. The third-order valence-corrected chi connectivity index (χ3v) is 1.70. The minimum absolute atomic E-state index is 0.371. The quantitative estimate of drug-likeness (QED) is 0.649. The Bertz CT molecular complexity index is 334. The average molecular weight is 192 g/mol. The summed E-state index contributed by atoms with van der Waals surface area (Å²) in [4.78, 5) is 8.39. The average Bonchev–Trinajstić information content (AvgIpc) is 2.01. The second kappa shape index (κ2) is 4.09. The van der Waals surface area contributed by atoms with Crippen molar-refractivity contribution in [2.45, 2.75) is 20.8 Å². The first-order chi connectivity index (χ1) is 6.50. The number of rotatable bonds is 2. The van der Waals surface area contributed by atoms with Crippen LogP contribution in [-0.4, -0.2) is 12.2 Å². The highest BCUT2D eigenvalue weighted by Gasteiger charge is 2.11. The highest BCUT2D eigenvalue weighted by molar-refractivity contribution is 5.83. The molecule has 1 rings (SSSR count). The largest absolute Gasteiger partial charge is 0.369 e. The second-order valence-corrected chi connectivity index (χ2v) is 3.56. The van der Waals surface area contributed by atoms with E-state index in [-0.39, 0.29) is 0 Å². The Morgan fingerprint density at radius 1 is 1.57 bits per heavy atom. The molecule has 0 aromatic rings. The van der Waals surface area contributed by atoms with E-state index in [2.05, 4.69) is 35.7 Å². The first-order valence-corrected chi connectivity index (χ1v) is 4.56. The number of hydrogen-bond donors (Lipinski definition) is 2. The van der Waals surface area contributed by atoms with Gasteiger partial charge in [0.1, 0.15) is 5.70 Å². The molecule has 0 aliphatic carbocycles. The Labute approximate surface area is 84.3 Å². The predicted octanol–water partition coefficient (Wildman–Crippen LogP) is 1.38. The molecule has 1 aliphatic rings. The van der Waals surface area contributed by atoms with Crippen LogP contribution in [0.25, 0.3) is 0 Å². The normalized spacial score (nSPS) is 17.7. The second-order valence-electron chi connectivity index (χ2n) is 3.56. The molecule has 0 spiro atoms. The highest BCUT2D eigenvalue weighted by Crippen LogP contribution is 2.17. The number of nitrogens with zero attached hydrogens (tertiary/aromatic N) is 2. The van der Waals surface area contributed by atoms with E-state index >= 15 is 0 Å². The van der Waals surface area contributed by atoms with Crippen LogP contribution in [0, 0.1) is 5.92 Å². The first kappa shape index (κ1) is 10.5. The maximum absolute atomic E-state index is 5.53. The molecular formula is C10H16N4. The number of guanidine groups is 1. The molecule has 0 amide bonds. The van der Waals surface area contributed by atoms with Gasteiger partial charge in [0.25, 0.3) is 0 Å². The van der Waals surface area contributed by atoms with Crippen molar-refractivity contribution in [2.75, 3.05) is 0 Å². The minimum atomic E-state index is 0.371. The van der Waals surface area contributed by atoms with Crippen molar-refractivity contribution in [3.8, 4) is 0 Å². The van der Waals surface area contributed by atoms with Crippen molar-refractivity contribution < 1.29 is 0 Å². The highest BCUT2D eigenvalue weighted by atomic mass is 15.1. The van der Waals surface area contributed by atoms with Gasteiger partial charge < -0.3 is 11.1 Å². The van der Waals surface area contributed by atoms with Crippen molar-refractivity contribution in [1.82, 2.24) is 5.32 Å². The Hall–Kier alpha value is -1.58. The molecule has 0 bridgehead atoms. The summed E-state index contributed by atoms with van der Waals surface area (Å²) in [5.74, 6) is 0.780. The lowest BCUT2D eigenvalue weighted by Crippen LogP contribution is -2.33. The molecule has 4 heteroatoms. The van der Waals surface area contributed by atoms with Crippen LogP contribution in [0.2, 0.25) is 0 Å². The van der Waals surface area contributed by atoms with E-state index in [4.69, 9.17) is 5.73 Å². The van der Waals surface area contributed by atoms with Crippen LogP contribution in [0.1, 0.15) is 20.8 Å². The lowest BCUT2D eigenvalue weighted by atomic mass is 10.2. The standard InChI is InChI=1S/C10H16N4/c1-6(2)5-12-9-7(3)13-10(11)14-8(9)4/h5-6H,3H2,1-2,4H3,(H3,11,13,14). The summed E-state index contributed by atoms with van der Waals surface area (Å²) >= 11 is 0. The van der Waals surface area contributed by atoms with E-state index in [1.165, 1.54) is 0 Å². The van der Waals surface area contributed by atoms with Gasteiger partial charge in [-0.2, -0.15) is 0 Å². The summed E-state index contributed by atoms with van der Waals surface area (Å²) < 4.78 is 0. The molecule has 4 nitrogen and oxygen atoms in total. The van der Waals surface area contributed by atoms with E-state index in [1.54, 1.807) is 0 Å². The molecule has 0 saturated heterocycles. The fourth-order valence-corrected chi connectivity index (χ4v) is 1.09. The molecule has 0 fully saturated rings. The predicted molar refractivity (Wildman–Crippen MR) is 59.9 cm³/mol. The van der Waals surface area contributed by atoms with E-state index in [0.717, 1.165) is 11.4 Å². The molecule has 0 saturated carbocycles. The van der Waals surface area contributed by atoms with Crippen LogP contribution in [0.15, 0.2) is 33.7 Å². The maximum atomic E-state index is 5.53. The van der Waals surface area contributed by atoms with Crippen LogP contribution >= 0.6 is 0 Å². The number of nitrogens with one attached hydrogen (secondary N) is 1. The molecule has 1 heterocycles. The van der Waals surface area contributed by atoms with Gasteiger partial charge in [0.15, 0.2) is 5.96 Å². The molecule has 0 radical (unpaired) electrons. The number of nitrogens with two attached hydrogens (primary N) is 1. The topological polar surface area (TPSA) is 62.8 Å². The Balaban J connectivity index is 2.95. The monoisotopic (exact) mass is 192 g/mol. The van der Waals surface area contributed by atoms with Crippen LogP contribution < -0.4 is 11.1 Å². The third-order valence-electron chi connectivity index (χ3n) is 1.70. The zero-order chi connectivity index (χ0) is 10.7. The van der Waals surface area contributed by atoms with E-state index in [0.29, 0.717) is 17.6 Å². The summed E-state index contributed by atoms with van der Waals surface area (Å²) in [5, 5.41) is 2.85. The fraction of sp³-hybridized carbons (Fsp3) is 0.400. The van der Waals surface area contributed by atoms with Crippen LogP contribution in [-0.2, 0) is 0 Å². The van der Waals surface area contributed by atoms with Gasteiger partial charge in [-0.3, -0.25) is 4.99 Å². The Kier molecular flexibility index (Phi) is 3.06. The van der Waals surface area contributed by atoms with Crippen molar-refractivity contribution in [1.29, 1.82) is 0 Å². The Morgan fingerprint density at radius 3 is 2.71 bits per heavy atom. The van der Waals surface area contributed by atoms with E-state index in [1.807, 2.05) is 13.1 Å². The van der Waals surface area contributed by atoms with Gasteiger partial charge in [0.2, 0.25) is 0 Å². The zero-order valence-electron chi connectivity index (χ0n) is 8.83. The van der Waals surface area contributed by atoms with Crippen molar-refractivity contribution in [3.05, 3.63) is 23.7 Å². The third kappa shape index (κ3) is 2.45. The molecular weight excluding hydrogens is 176 g/mol. The lowest BCUT2D eigenvalue weighted by molar-refractivity contribution is 0.899. The van der Waals surface area contributed by atoms with E-state index < -0.39 is 0 Å². The summed E-state index contributed by atoms with van der Waals surface area (Å²) in [7, 11) is 0. The SMILES string of the molecule is C=C1NC(N)=NC(C)=C1N=CC(C)C. The summed E-state index contributed by atoms with van der Waals surface area (Å²) in [6.07, 6.45) is 1.86. The first-order valence-electron chi connectivity index (χ1n) is 4.56. The van der Waals surface area contributed by atoms with Gasteiger partial charge >= 0.3 is 0 Å². The summed E-state index contributed by atoms with van der Waals surface area (Å²) in [5.41, 5.74) is 7.79. The van der Waals surface area contributed by atoms with Crippen molar-refractivity contribution in [3.63, 3.8) is 0 Å². The van der Waals surface area contributed by atoms with Gasteiger partial charge in [0, 0.05) is 6.21 Å². The molecule has 76 valence electrons. The van der Waals surface area contributed by atoms with Crippen LogP contribution in [0.4, 0.5) is 0 Å². The van der Waals surface area contributed by atoms with Gasteiger partial charge in [0.05, 0.1) is 11.4 Å². The van der Waals surface area contributed by atoms with Gasteiger partial charge in [-0.25, -0.2) is 4.99 Å². The molecule has 0 aromatic heterocycles. The van der Waals surface area contributed by atoms with Gasteiger partial charge in [-0.15, -0.1) is 0 Å². The smallest absolute Gasteiger partial charge is 0.198 e. The molecule has 3 N–H and O–H groups in total. The van der Waals surface area contributed by atoms with Crippen molar-refractivity contribution >= 4 is 12.2 Å². The van der Waals surface area contributed by atoms with Crippen LogP contribution in [0.3, 0.4) is 0 Å². The Morgan fingerprint density at radius 2 is 2.21 bits per heavy atom.